The first-order valence-electron chi connectivity index (χ1n) is 8.37. The lowest BCUT2D eigenvalue weighted by Crippen LogP contribution is -2.33. The zero-order valence-electron chi connectivity index (χ0n) is 14.4. The molecule has 7 heteroatoms. The molecule has 1 aliphatic rings. The third-order valence-corrected chi connectivity index (χ3v) is 5.73. The van der Waals surface area contributed by atoms with Crippen LogP contribution in [0.3, 0.4) is 0 Å². The molecule has 0 saturated carbocycles. The second-order valence-electron chi connectivity index (χ2n) is 6.66. The standard InChI is InChI=1S/C19H21F2NO3S/c1-15-7-9-18(10-8-15)26(23,24)25-13-17-11-19(20,21)14-22(17)12-16-5-3-2-4-6-16/h2-10,17H,11-14H2,1H3/t17-/m1/s1. The van der Waals surface area contributed by atoms with Crippen LogP contribution in [0.5, 0.6) is 0 Å². The maximum absolute atomic E-state index is 13.9. The van der Waals surface area contributed by atoms with Gasteiger partial charge in [-0.2, -0.15) is 8.42 Å². The first-order valence-corrected chi connectivity index (χ1v) is 9.78. The minimum absolute atomic E-state index is 0.0301. The monoisotopic (exact) mass is 381 g/mol. The first-order chi connectivity index (χ1) is 12.3. The van der Waals surface area contributed by atoms with Crippen molar-refractivity contribution in [2.24, 2.45) is 0 Å². The molecular formula is C19H21F2NO3S. The van der Waals surface area contributed by atoms with Gasteiger partial charge in [-0.25, -0.2) is 8.78 Å². The van der Waals surface area contributed by atoms with Crippen molar-refractivity contribution in [2.45, 2.75) is 36.7 Å². The van der Waals surface area contributed by atoms with Crippen molar-refractivity contribution in [1.82, 2.24) is 4.90 Å². The summed E-state index contributed by atoms with van der Waals surface area (Å²) in [5.41, 5.74) is 1.82. The van der Waals surface area contributed by atoms with Crippen LogP contribution in [0, 0.1) is 6.92 Å². The average Bonchev–Trinajstić information content (AvgIpc) is 2.88. The fourth-order valence-corrected chi connectivity index (χ4v) is 4.01. The highest BCUT2D eigenvalue weighted by Gasteiger charge is 2.45. The fourth-order valence-electron chi connectivity index (χ4n) is 3.07. The SMILES string of the molecule is Cc1ccc(S(=O)(=O)OC[C@H]2CC(F)(F)CN2Cc2ccccc2)cc1. The predicted molar refractivity (Wildman–Crippen MR) is 94.5 cm³/mol. The number of hydrogen-bond donors (Lipinski definition) is 0. The quantitative estimate of drug-likeness (QED) is 0.717. The van der Waals surface area contributed by atoms with Crippen LogP contribution >= 0.6 is 0 Å². The molecule has 26 heavy (non-hydrogen) atoms. The van der Waals surface area contributed by atoms with Crippen molar-refractivity contribution in [3.63, 3.8) is 0 Å². The molecule has 0 unspecified atom stereocenters. The Hall–Kier alpha value is -1.83. The second-order valence-corrected chi connectivity index (χ2v) is 8.27. The molecule has 0 radical (unpaired) electrons. The highest BCUT2D eigenvalue weighted by atomic mass is 32.2. The molecule has 1 atom stereocenters. The molecule has 0 amide bonds. The molecule has 2 aromatic rings. The largest absolute Gasteiger partial charge is 0.297 e. The first kappa shape index (κ1) is 18.9. The van der Waals surface area contributed by atoms with E-state index in [2.05, 4.69) is 0 Å². The van der Waals surface area contributed by atoms with Crippen molar-refractivity contribution < 1.29 is 21.4 Å². The lowest BCUT2D eigenvalue weighted by atomic mass is 10.2. The predicted octanol–water partition coefficient (Wildman–Crippen LogP) is 3.61. The third kappa shape index (κ3) is 4.66. The van der Waals surface area contributed by atoms with Crippen LogP contribution in [-0.4, -0.2) is 38.4 Å². The Labute approximate surface area is 152 Å². The number of benzene rings is 2. The number of hydrogen-bond acceptors (Lipinski definition) is 4. The second kappa shape index (κ2) is 7.42. The lowest BCUT2D eigenvalue weighted by molar-refractivity contribution is 0.0112. The van der Waals surface area contributed by atoms with E-state index in [1.165, 1.54) is 12.1 Å². The van der Waals surface area contributed by atoms with Gasteiger partial charge in [-0.3, -0.25) is 9.08 Å². The fraction of sp³-hybridized carbons (Fsp3) is 0.368. The third-order valence-electron chi connectivity index (χ3n) is 4.44. The van der Waals surface area contributed by atoms with Crippen LogP contribution in [0.25, 0.3) is 0 Å². The Balaban J connectivity index is 1.69. The van der Waals surface area contributed by atoms with E-state index in [0.29, 0.717) is 6.54 Å². The Morgan fingerprint density at radius 3 is 2.42 bits per heavy atom. The molecule has 0 bridgehead atoms. The summed E-state index contributed by atoms with van der Waals surface area (Å²) in [7, 11) is -3.97. The molecule has 1 heterocycles. The summed E-state index contributed by atoms with van der Waals surface area (Å²) in [5, 5.41) is 0. The Bertz CT molecular complexity index is 839. The normalized spacial score (nSPS) is 20.3. The van der Waals surface area contributed by atoms with E-state index in [9.17, 15) is 17.2 Å². The molecule has 0 N–H and O–H groups in total. The summed E-state index contributed by atoms with van der Waals surface area (Å²) >= 11 is 0. The van der Waals surface area contributed by atoms with Gasteiger partial charge in [0.25, 0.3) is 16.0 Å². The number of rotatable bonds is 6. The van der Waals surface area contributed by atoms with Gasteiger partial charge >= 0.3 is 0 Å². The average molecular weight is 381 g/mol. The van der Waals surface area contributed by atoms with Gasteiger partial charge in [0.2, 0.25) is 0 Å². The van der Waals surface area contributed by atoms with Crippen LogP contribution < -0.4 is 0 Å². The minimum Gasteiger partial charge on any atom is -0.288 e. The Morgan fingerprint density at radius 2 is 1.77 bits per heavy atom. The number of likely N-dealkylation sites (tertiary alicyclic amines) is 1. The summed E-state index contributed by atoms with van der Waals surface area (Å²) in [6.45, 7) is 1.48. The van der Waals surface area contributed by atoms with E-state index in [0.717, 1.165) is 11.1 Å². The van der Waals surface area contributed by atoms with Gasteiger partial charge < -0.3 is 0 Å². The molecule has 1 saturated heterocycles. The van der Waals surface area contributed by atoms with E-state index in [-0.39, 0.29) is 11.5 Å². The van der Waals surface area contributed by atoms with Crippen molar-refractivity contribution in [1.29, 1.82) is 0 Å². The number of halogens is 2. The molecule has 3 rings (SSSR count). The van der Waals surface area contributed by atoms with Gasteiger partial charge in [0.05, 0.1) is 18.0 Å². The molecule has 1 aliphatic heterocycles. The number of alkyl halides is 2. The highest BCUT2D eigenvalue weighted by molar-refractivity contribution is 7.86. The highest BCUT2D eigenvalue weighted by Crippen LogP contribution is 2.33. The van der Waals surface area contributed by atoms with Crippen LogP contribution in [0.15, 0.2) is 59.5 Å². The van der Waals surface area contributed by atoms with E-state index in [1.807, 2.05) is 37.3 Å². The van der Waals surface area contributed by atoms with E-state index in [1.54, 1.807) is 17.0 Å². The van der Waals surface area contributed by atoms with Crippen LogP contribution in [0.2, 0.25) is 0 Å². The molecule has 0 aliphatic carbocycles. The molecule has 2 aromatic carbocycles. The van der Waals surface area contributed by atoms with Crippen molar-refractivity contribution in [3.05, 3.63) is 65.7 Å². The number of nitrogens with zero attached hydrogens (tertiary/aromatic N) is 1. The summed E-state index contributed by atoms with van der Waals surface area (Å²) < 4.78 is 57.5. The van der Waals surface area contributed by atoms with Gasteiger partial charge in [0, 0.05) is 19.0 Å². The maximum Gasteiger partial charge on any atom is 0.297 e. The van der Waals surface area contributed by atoms with E-state index < -0.39 is 35.0 Å². The molecule has 0 spiro atoms. The lowest BCUT2D eigenvalue weighted by Gasteiger charge is -2.23. The van der Waals surface area contributed by atoms with Crippen LogP contribution in [-0.2, 0) is 20.8 Å². The van der Waals surface area contributed by atoms with Crippen molar-refractivity contribution in [3.8, 4) is 0 Å². The molecule has 4 nitrogen and oxygen atoms in total. The van der Waals surface area contributed by atoms with Gasteiger partial charge in [-0.15, -0.1) is 0 Å². The summed E-state index contributed by atoms with van der Waals surface area (Å²) in [5.74, 6) is -2.85. The Morgan fingerprint density at radius 1 is 1.12 bits per heavy atom. The van der Waals surface area contributed by atoms with Crippen LogP contribution in [0.1, 0.15) is 17.5 Å². The molecule has 140 valence electrons. The zero-order valence-corrected chi connectivity index (χ0v) is 15.3. The van der Waals surface area contributed by atoms with Gasteiger partial charge in [-0.1, -0.05) is 48.0 Å². The summed E-state index contributed by atoms with van der Waals surface area (Å²) in [6.07, 6.45) is -0.413. The smallest absolute Gasteiger partial charge is 0.288 e. The van der Waals surface area contributed by atoms with Gasteiger partial charge in [0.1, 0.15) is 0 Å². The van der Waals surface area contributed by atoms with Gasteiger partial charge in [0.15, 0.2) is 0 Å². The Kier molecular flexibility index (Phi) is 5.41. The van der Waals surface area contributed by atoms with Gasteiger partial charge in [-0.05, 0) is 24.6 Å². The topological polar surface area (TPSA) is 46.6 Å². The molecule has 0 aromatic heterocycles. The molecule has 1 fully saturated rings. The number of aryl methyl sites for hydroxylation is 1. The van der Waals surface area contributed by atoms with E-state index in [4.69, 9.17) is 4.18 Å². The van der Waals surface area contributed by atoms with Crippen molar-refractivity contribution >= 4 is 10.1 Å². The molecular weight excluding hydrogens is 360 g/mol. The zero-order chi connectivity index (χ0) is 18.8. The summed E-state index contributed by atoms with van der Waals surface area (Å²) in [4.78, 5) is 1.61. The van der Waals surface area contributed by atoms with E-state index >= 15 is 0 Å². The summed E-state index contributed by atoms with van der Waals surface area (Å²) in [6, 6.07) is 14.8. The van der Waals surface area contributed by atoms with Crippen molar-refractivity contribution in [2.75, 3.05) is 13.2 Å². The minimum atomic E-state index is -3.97. The maximum atomic E-state index is 13.9. The van der Waals surface area contributed by atoms with Crippen LogP contribution in [0.4, 0.5) is 8.78 Å².